The van der Waals surface area contributed by atoms with Gasteiger partial charge >= 0.3 is 0 Å². The minimum atomic E-state index is -0.0795. The van der Waals surface area contributed by atoms with Gasteiger partial charge in [0.2, 0.25) is 0 Å². The molecule has 0 saturated heterocycles. The molecule has 2 atom stereocenters. The Hall–Kier alpha value is -0.260. The number of hydrogen-bond acceptors (Lipinski definition) is 3. The lowest BCUT2D eigenvalue weighted by molar-refractivity contribution is 0.0676. The summed E-state index contributed by atoms with van der Waals surface area (Å²) >= 11 is 6.96. The third kappa shape index (κ3) is 4.36. The average Bonchev–Trinajstić information content (AvgIpc) is 2.27. The zero-order valence-electron chi connectivity index (χ0n) is 12.0. The van der Waals surface area contributed by atoms with Gasteiger partial charge in [0.25, 0.3) is 0 Å². The zero-order valence-corrected chi connectivity index (χ0v) is 15.1. The summed E-state index contributed by atoms with van der Waals surface area (Å²) in [6, 6.07) is 3.71. The largest absolute Gasteiger partial charge is 0.496 e. The van der Waals surface area contributed by atoms with E-state index in [0.29, 0.717) is 0 Å². The van der Waals surface area contributed by atoms with Crippen LogP contribution >= 0.6 is 31.9 Å². The molecular weight excluding hydrogens is 374 g/mol. The summed E-state index contributed by atoms with van der Waals surface area (Å²) in [4.78, 5) is 0. The second kappa shape index (κ2) is 6.46. The van der Waals surface area contributed by atoms with E-state index < -0.39 is 0 Å². The van der Waals surface area contributed by atoms with Crippen LogP contribution in [0.5, 0.6) is 11.5 Å². The van der Waals surface area contributed by atoms with Crippen molar-refractivity contribution < 1.29 is 9.47 Å². The summed E-state index contributed by atoms with van der Waals surface area (Å²) in [6.07, 6.45) is -0.0795. The van der Waals surface area contributed by atoms with Crippen molar-refractivity contribution in [1.82, 2.24) is 0 Å². The minimum absolute atomic E-state index is 0.0417. The number of benzene rings is 1. The highest BCUT2D eigenvalue weighted by atomic mass is 79.9. The van der Waals surface area contributed by atoms with Gasteiger partial charge < -0.3 is 15.2 Å². The Morgan fingerprint density at radius 2 is 1.58 bits per heavy atom. The highest BCUT2D eigenvalue weighted by molar-refractivity contribution is 9.11. The van der Waals surface area contributed by atoms with Crippen molar-refractivity contribution in [1.29, 1.82) is 0 Å². The van der Waals surface area contributed by atoms with Crippen molar-refractivity contribution in [3.05, 3.63) is 21.1 Å². The van der Waals surface area contributed by atoms with E-state index in [0.717, 1.165) is 20.4 Å². The van der Waals surface area contributed by atoms with Gasteiger partial charge in [0.1, 0.15) is 17.6 Å². The summed E-state index contributed by atoms with van der Waals surface area (Å²) < 4.78 is 13.0. The Balaban J connectivity index is 3.07. The second-order valence-electron chi connectivity index (χ2n) is 5.68. The monoisotopic (exact) mass is 393 g/mol. The molecule has 0 aliphatic heterocycles. The van der Waals surface area contributed by atoms with Crippen molar-refractivity contribution in [3.8, 4) is 11.5 Å². The maximum atomic E-state index is 6.09. The molecule has 0 aromatic heterocycles. The van der Waals surface area contributed by atoms with Gasteiger partial charge in [-0.05, 0) is 50.9 Å². The summed E-state index contributed by atoms with van der Waals surface area (Å²) in [6.45, 7) is 8.32. The second-order valence-corrected chi connectivity index (χ2v) is 7.39. The van der Waals surface area contributed by atoms with E-state index in [2.05, 4.69) is 52.6 Å². The van der Waals surface area contributed by atoms with Crippen LogP contribution in [0.15, 0.2) is 21.1 Å². The number of halogens is 2. The van der Waals surface area contributed by atoms with E-state index in [1.807, 2.05) is 19.1 Å². The van der Waals surface area contributed by atoms with E-state index in [4.69, 9.17) is 15.2 Å². The van der Waals surface area contributed by atoms with E-state index >= 15 is 0 Å². The Morgan fingerprint density at radius 3 is 2.00 bits per heavy atom. The molecule has 0 saturated carbocycles. The van der Waals surface area contributed by atoms with Crippen molar-refractivity contribution in [2.24, 2.45) is 11.1 Å². The molecule has 0 aliphatic carbocycles. The fourth-order valence-electron chi connectivity index (χ4n) is 1.97. The molecule has 3 nitrogen and oxygen atoms in total. The van der Waals surface area contributed by atoms with Crippen LogP contribution in [0, 0.1) is 5.41 Å². The molecular formula is C14H21Br2NO2. The fourth-order valence-corrected chi connectivity index (χ4v) is 2.87. The Labute approximate surface area is 132 Å². The van der Waals surface area contributed by atoms with Gasteiger partial charge in [-0.3, -0.25) is 0 Å². The number of methoxy groups -OCH3 is 1. The SMILES string of the molecule is COc1cc(Br)c(OC(C(C)N)C(C)(C)C)cc1Br. The molecule has 0 heterocycles. The maximum Gasteiger partial charge on any atom is 0.135 e. The summed E-state index contributed by atoms with van der Waals surface area (Å²) in [5.74, 6) is 1.51. The molecule has 108 valence electrons. The fraction of sp³-hybridized carbons (Fsp3) is 0.571. The molecule has 5 heteroatoms. The van der Waals surface area contributed by atoms with Gasteiger partial charge in [-0.15, -0.1) is 0 Å². The quantitative estimate of drug-likeness (QED) is 0.824. The average molecular weight is 395 g/mol. The topological polar surface area (TPSA) is 44.5 Å². The van der Waals surface area contributed by atoms with Crippen molar-refractivity contribution in [2.45, 2.75) is 39.8 Å². The van der Waals surface area contributed by atoms with Crippen LogP contribution in [0.1, 0.15) is 27.7 Å². The molecule has 19 heavy (non-hydrogen) atoms. The smallest absolute Gasteiger partial charge is 0.135 e. The first kappa shape index (κ1) is 16.8. The predicted molar refractivity (Wildman–Crippen MR) is 85.9 cm³/mol. The van der Waals surface area contributed by atoms with Crippen LogP contribution in [0.25, 0.3) is 0 Å². The lowest BCUT2D eigenvalue weighted by atomic mass is 9.85. The Morgan fingerprint density at radius 1 is 1.11 bits per heavy atom. The minimum Gasteiger partial charge on any atom is -0.496 e. The molecule has 2 unspecified atom stereocenters. The van der Waals surface area contributed by atoms with Gasteiger partial charge in [0.15, 0.2) is 0 Å². The van der Waals surface area contributed by atoms with Gasteiger partial charge in [-0.25, -0.2) is 0 Å². The molecule has 0 fully saturated rings. The van der Waals surface area contributed by atoms with Crippen LogP contribution in [0.4, 0.5) is 0 Å². The number of hydrogen-bond donors (Lipinski definition) is 1. The summed E-state index contributed by atoms with van der Waals surface area (Å²) in [5.41, 5.74) is 6.00. The third-order valence-electron chi connectivity index (χ3n) is 2.79. The van der Waals surface area contributed by atoms with Crippen molar-refractivity contribution in [2.75, 3.05) is 7.11 Å². The van der Waals surface area contributed by atoms with E-state index in [1.54, 1.807) is 7.11 Å². The van der Waals surface area contributed by atoms with Crippen molar-refractivity contribution >= 4 is 31.9 Å². The van der Waals surface area contributed by atoms with E-state index in [9.17, 15) is 0 Å². The molecule has 0 bridgehead atoms. The Bertz CT molecular complexity index is 442. The first-order valence-electron chi connectivity index (χ1n) is 6.12. The number of rotatable bonds is 4. The predicted octanol–water partition coefficient (Wildman–Crippen LogP) is 4.36. The first-order valence-corrected chi connectivity index (χ1v) is 7.70. The van der Waals surface area contributed by atoms with Crippen LogP contribution in [0.2, 0.25) is 0 Å². The number of nitrogens with two attached hydrogens (primary N) is 1. The first-order chi connectivity index (χ1) is 8.66. The van der Waals surface area contributed by atoms with Gasteiger partial charge in [0, 0.05) is 11.5 Å². The Kier molecular flexibility index (Phi) is 5.71. The highest BCUT2D eigenvalue weighted by Gasteiger charge is 2.30. The molecule has 0 amide bonds. The number of ether oxygens (including phenoxy) is 2. The zero-order chi connectivity index (χ0) is 14.8. The summed E-state index contributed by atoms with van der Waals surface area (Å²) in [7, 11) is 1.63. The lowest BCUT2D eigenvalue weighted by Gasteiger charge is -2.34. The molecule has 0 spiro atoms. The van der Waals surface area contributed by atoms with Gasteiger partial charge in [0.05, 0.1) is 16.1 Å². The lowest BCUT2D eigenvalue weighted by Crippen LogP contribution is -2.45. The van der Waals surface area contributed by atoms with Crippen LogP contribution < -0.4 is 15.2 Å². The van der Waals surface area contributed by atoms with Crippen LogP contribution in [-0.4, -0.2) is 19.3 Å². The standard InChI is InChI=1S/C14H21Br2NO2/c1-8(17)13(14(2,3)4)19-12-7-9(15)11(18-5)6-10(12)16/h6-8,13H,17H2,1-5H3. The maximum absolute atomic E-state index is 6.09. The molecule has 0 aliphatic rings. The molecule has 1 aromatic rings. The molecule has 2 N–H and O–H groups in total. The van der Waals surface area contributed by atoms with E-state index in [1.165, 1.54) is 0 Å². The van der Waals surface area contributed by atoms with Crippen molar-refractivity contribution in [3.63, 3.8) is 0 Å². The van der Waals surface area contributed by atoms with Crippen LogP contribution in [0.3, 0.4) is 0 Å². The van der Waals surface area contributed by atoms with Crippen LogP contribution in [-0.2, 0) is 0 Å². The summed E-state index contributed by atoms with van der Waals surface area (Å²) in [5, 5.41) is 0. The van der Waals surface area contributed by atoms with E-state index in [-0.39, 0.29) is 17.6 Å². The van der Waals surface area contributed by atoms with Gasteiger partial charge in [-0.2, -0.15) is 0 Å². The molecule has 1 aromatic carbocycles. The highest BCUT2D eigenvalue weighted by Crippen LogP contribution is 2.38. The third-order valence-corrected chi connectivity index (χ3v) is 4.03. The molecule has 1 rings (SSSR count). The van der Waals surface area contributed by atoms with Gasteiger partial charge in [-0.1, -0.05) is 20.8 Å². The molecule has 0 radical (unpaired) electrons. The normalized spacial score (nSPS) is 14.9.